The second-order valence-corrected chi connectivity index (χ2v) is 7.84. The molecule has 4 nitrogen and oxygen atoms in total. The van der Waals surface area contributed by atoms with E-state index in [1.54, 1.807) is 6.20 Å². The van der Waals surface area contributed by atoms with Gasteiger partial charge in [-0.3, -0.25) is 9.88 Å². The molecule has 0 bridgehead atoms. The molecular formula is C25H30N4. The standard InChI is InChI=1S/C25H30N4/c1-2-23(21-9-5-3-6-10-21)27-25-18-26-17-24(28-25)22-13-11-20(12-14-22)19-29-15-7-4-8-16-29/h3,5-6,9-14,17-18,23H,2,4,7-8,15-16,19H2,1H3,(H,27,28). The average molecular weight is 387 g/mol. The zero-order valence-electron chi connectivity index (χ0n) is 17.2. The van der Waals surface area contributed by atoms with E-state index in [1.807, 2.05) is 12.3 Å². The van der Waals surface area contributed by atoms with E-state index in [4.69, 9.17) is 4.98 Å². The van der Waals surface area contributed by atoms with Crippen LogP contribution in [0.4, 0.5) is 5.82 Å². The van der Waals surface area contributed by atoms with Crippen molar-refractivity contribution in [2.45, 2.75) is 45.2 Å². The maximum Gasteiger partial charge on any atom is 0.145 e. The Labute approximate surface area is 174 Å². The molecule has 1 fully saturated rings. The summed E-state index contributed by atoms with van der Waals surface area (Å²) in [5.41, 5.74) is 4.65. The molecule has 2 aromatic carbocycles. The van der Waals surface area contributed by atoms with E-state index < -0.39 is 0 Å². The Kier molecular flexibility index (Phi) is 6.52. The molecule has 1 aliphatic heterocycles. The van der Waals surface area contributed by atoms with E-state index >= 15 is 0 Å². The van der Waals surface area contributed by atoms with Crippen LogP contribution in [0.2, 0.25) is 0 Å². The highest BCUT2D eigenvalue weighted by Crippen LogP contribution is 2.24. The van der Waals surface area contributed by atoms with Gasteiger partial charge in [0.2, 0.25) is 0 Å². The fraction of sp³-hybridized carbons (Fsp3) is 0.360. The smallest absolute Gasteiger partial charge is 0.145 e. The lowest BCUT2D eigenvalue weighted by atomic mass is 10.0. The van der Waals surface area contributed by atoms with Crippen molar-refractivity contribution >= 4 is 5.82 Å². The Morgan fingerprint density at radius 3 is 2.41 bits per heavy atom. The van der Waals surface area contributed by atoms with Gasteiger partial charge in [-0.2, -0.15) is 0 Å². The topological polar surface area (TPSA) is 41.1 Å². The summed E-state index contributed by atoms with van der Waals surface area (Å²) in [7, 11) is 0. The summed E-state index contributed by atoms with van der Waals surface area (Å²) in [6.07, 6.45) is 8.67. The van der Waals surface area contributed by atoms with Gasteiger partial charge in [-0.1, -0.05) is 67.9 Å². The van der Waals surface area contributed by atoms with Gasteiger partial charge in [0, 0.05) is 12.1 Å². The predicted octanol–water partition coefficient (Wildman–Crippen LogP) is 5.69. The van der Waals surface area contributed by atoms with Gasteiger partial charge in [-0.25, -0.2) is 4.98 Å². The van der Waals surface area contributed by atoms with Crippen molar-refractivity contribution in [1.29, 1.82) is 0 Å². The van der Waals surface area contributed by atoms with Crippen LogP contribution in [0.15, 0.2) is 67.0 Å². The zero-order valence-corrected chi connectivity index (χ0v) is 17.2. The van der Waals surface area contributed by atoms with Crippen LogP contribution in [0, 0.1) is 0 Å². The SMILES string of the molecule is CCC(Nc1cncc(-c2ccc(CN3CCCCC3)cc2)n1)c1ccccc1. The number of anilines is 1. The first-order valence-corrected chi connectivity index (χ1v) is 10.8. The Balaban J connectivity index is 1.45. The molecule has 1 N–H and O–H groups in total. The highest BCUT2D eigenvalue weighted by molar-refractivity contribution is 5.60. The molecule has 4 rings (SSSR count). The van der Waals surface area contributed by atoms with E-state index in [-0.39, 0.29) is 6.04 Å². The van der Waals surface area contributed by atoms with Gasteiger partial charge in [0.15, 0.2) is 0 Å². The lowest BCUT2D eigenvalue weighted by Gasteiger charge is -2.26. The number of rotatable bonds is 7. The van der Waals surface area contributed by atoms with E-state index in [0.717, 1.165) is 30.0 Å². The number of benzene rings is 2. The molecular weight excluding hydrogens is 356 g/mol. The number of likely N-dealkylation sites (tertiary alicyclic amines) is 1. The molecule has 0 saturated carbocycles. The first-order chi connectivity index (χ1) is 14.3. The Morgan fingerprint density at radius 1 is 0.931 bits per heavy atom. The van der Waals surface area contributed by atoms with E-state index in [2.05, 4.69) is 70.7 Å². The van der Waals surface area contributed by atoms with Crippen LogP contribution in [-0.4, -0.2) is 28.0 Å². The molecule has 1 unspecified atom stereocenters. The molecule has 150 valence electrons. The van der Waals surface area contributed by atoms with Crippen molar-refractivity contribution in [3.8, 4) is 11.3 Å². The van der Waals surface area contributed by atoms with Crippen LogP contribution in [0.25, 0.3) is 11.3 Å². The van der Waals surface area contributed by atoms with Gasteiger partial charge in [0.1, 0.15) is 5.82 Å². The van der Waals surface area contributed by atoms with Gasteiger partial charge >= 0.3 is 0 Å². The highest BCUT2D eigenvalue weighted by Gasteiger charge is 2.12. The first-order valence-electron chi connectivity index (χ1n) is 10.8. The summed E-state index contributed by atoms with van der Waals surface area (Å²) in [5.74, 6) is 0.815. The van der Waals surface area contributed by atoms with Crippen LogP contribution < -0.4 is 5.32 Å². The molecule has 2 heterocycles. The summed E-state index contributed by atoms with van der Waals surface area (Å²) < 4.78 is 0. The molecule has 0 amide bonds. The average Bonchev–Trinajstić information content (AvgIpc) is 2.79. The number of nitrogens with zero attached hydrogens (tertiary/aromatic N) is 3. The van der Waals surface area contributed by atoms with Crippen molar-refractivity contribution in [2.75, 3.05) is 18.4 Å². The number of hydrogen-bond acceptors (Lipinski definition) is 4. The van der Waals surface area contributed by atoms with Crippen molar-refractivity contribution < 1.29 is 0 Å². The fourth-order valence-electron chi connectivity index (χ4n) is 4.02. The van der Waals surface area contributed by atoms with Crippen molar-refractivity contribution in [3.63, 3.8) is 0 Å². The molecule has 0 spiro atoms. The number of piperidine rings is 1. The highest BCUT2D eigenvalue weighted by atomic mass is 15.1. The largest absolute Gasteiger partial charge is 0.362 e. The minimum atomic E-state index is 0.229. The van der Waals surface area contributed by atoms with Gasteiger partial charge in [0.05, 0.1) is 24.1 Å². The van der Waals surface area contributed by atoms with Crippen LogP contribution in [0.5, 0.6) is 0 Å². The zero-order chi connectivity index (χ0) is 19.9. The van der Waals surface area contributed by atoms with Crippen molar-refractivity contribution in [1.82, 2.24) is 14.9 Å². The second-order valence-electron chi connectivity index (χ2n) is 7.84. The summed E-state index contributed by atoms with van der Waals surface area (Å²) in [4.78, 5) is 11.8. The monoisotopic (exact) mass is 386 g/mol. The lowest BCUT2D eigenvalue weighted by molar-refractivity contribution is 0.221. The van der Waals surface area contributed by atoms with Crippen LogP contribution in [-0.2, 0) is 6.54 Å². The third-order valence-electron chi connectivity index (χ3n) is 5.67. The van der Waals surface area contributed by atoms with Crippen LogP contribution in [0.1, 0.15) is 49.8 Å². The number of hydrogen-bond donors (Lipinski definition) is 1. The van der Waals surface area contributed by atoms with Gasteiger partial charge in [-0.15, -0.1) is 0 Å². The lowest BCUT2D eigenvalue weighted by Crippen LogP contribution is -2.28. The summed E-state index contributed by atoms with van der Waals surface area (Å²) in [6, 6.07) is 19.5. The Morgan fingerprint density at radius 2 is 1.69 bits per heavy atom. The predicted molar refractivity (Wildman–Crippen MR) is 120 cm³/mol. The number of aromatic nitrogens is 2. The first kappa shape index (κ1) is 19.6. The summed E-state index contributed by atoms with van der Waals surface area (Å²) in [6.45, 7) is 5.67. The molecule has 1 aliphatic rings. The maximum absolute atomic E-state index is 4.82. The molecule has 1 atom stereocenters. The van der Waals surface area contributed by atoms with Gasteiger partial charge in [-0.05, 0) is 43.5 Å². The third-order valence-corrected chi connectivity index (χ3v) is 5.67. The minimum absolute atomic E-state index is 0.229. The third kappa shape index (κ3) is 5.21. The molecule has 29 heavy (non-hydrogen) atoms. The normalized spacial score (nSPS) is 15.8. The molecule has 0 aliphatic carbocycles. The summed E-state index contributed by atoms with van der Waals surface area (Å²) >= 11 is 0. The van der Waals surface area contributed by atoms with Crippen LogP contribution >= 0.6 is 0 Å². The molecule has 1 aromatic heterocycles. The van der Waals surface area contributed by atoms with Crippen LogP contribution in [0.3, 0.4) is 0 Å². The molecule has 4 heteroatoms. The van der Waals surface area contributed by atoms with E-state index in [1.165, 1.54) is 43.5 Å². The maximum atomic E-state index is 4.82. The van der Waals surface area contributed by atoms with Gasteiger partial charge in [0.25, 0.3) is 0 Å². The second kappa shape index (κ2) is 9.66. The van der Waals surface area contributed by atoms with Crippen molar-refractivity contribution in [2.24, 2.45) is 0 Å². The summed E-state index contributed by atoms with van der Waals surface area (Å²) in [5, 5.41) is 3.54. The fourth-order valence-corrected chi connectivity index (χ4v) is 4.02. The quantitative estimate of drug-likeness (QED) is 0.566. The Hall–Kier alpha value is -2.72. The van der Waals surface area contributed by atoms with E-state index in [0.29, 0.717) is 0 Å². The molecule has 3 aromatic rings. The van der Waals surface area contributed by atoms with E-state index in [9.17, 15) is 0 Å². The number of nitrogens with one attached hydrogen (secondary N) is 1. The Bertz CT molecular complexity index is 886. The molecule has 1 saturated heterocycles. The van der Waals surface area contributed by atoms with Crippen molar-refractivity contribution in [3.05, 3.63) is 78.1 Å². The van der Waals surface area contributed by atoms with Gasteiger partial charge < -0.3 is 5.32 Å². The molecule has 0 radical (unpaired) electrons. The minimum Gasteiger partial charge on any atom is -0.362 e.